The van der Waals surface area contributed by atoms with E-state index in [4.69, 9.17) is 14.6 Å². The summed E-state index contributed by atoms with van der Waals surface area (Å²) in [6.45, 7) is 0.0486. The number of rotatable bonds is 6. The number of pyridine rings is 1. The Morgan fingerprint density at radius 2 is 2.35 bits per heavy atom. The van der Waals surface area contributed by atoms with Crippen molar-refractivity contribution >= 4 is 5.91 Å². The molecular formula is C11H16N2O4. The van der Waals surface area contributed by atoms with E-state index < -0.39 is 6.04 Å². The summed E-state index contributed by atoms with van der Waals surface area (Å²) in [5, 5.41) is 11.7. The first-order chi connectivity index (χ1) is 8.22. The SMILES string of the molecule is COCC(CO)NC(=O)c1cccnc1OC. The Morgan fingerprint density at radius 1 is 1.59 bits per heavy atom. The van der Waals surface area contributed by atoms with Crippen LogP contribution in [0.3, 0.4) is 0 Å². The minimum Gasteiger partial charge on any atom is -0.480 e. The van der Waals surface area contributed by atoms with Crippen molar-refractivity contribution < 1.29 is 19.4 Å². The maximum Gasteiger partial charge on any atom is 0.257 e. The number of amides is 1. The minimum absolute atomic E-state index is 0.192. The van der Waals surface area contributed by atoms with Gasteiger partial charge in [0.15, 0.2) is 0 Å². The lowest BCUT2D eigenvalue weighted by Crippen LogP contribution is -2.40. The highest BCUT2D eigenvalue weighted by molar-refractivity contribution is 5.96. The molecule has 1 heterocycles. The van der Waals surface area contributed by atoms with E-state index in [2.05, 4.69) is 10.3 Å². The monoisotopic (exact) mass is 240 g/mol. The summed E-state index contributed by atoms with van der Waals surface area (Å²) in [6.07, 6.45) is 1.54. The molecule has 0 saturated carbocycles. The molecule has 94 valence electrons. The molecule has 2 N–H and O–H groups in total. The van der Waals surface area contributed by atoms with Gasteiger partial charge in [0.1, 0.15) is 5.56 Å². The summed E-state index contributed by atoms with van der Waals surface area (Å²) in [5.41, 5.74) is 0.324. The second kappa shape index (κ2) is 6.82. The fraction of sp³-hybridized carbons (Fsp3) is 0.455. The van der Waals surface area contributed by atoms with Gasteiger partial charge in [-0.2, -0.15) is 0 Å². The molecule has 0 radical (unpaired) electrons. The van der Waals surface area contributed by atoms with Crippen molar-refractivity contribution in [3.8, 4) is 5.88 Å². The van der Waals surface area contributed by atoms with Crippen LogP contribution in [0.25, 0.3) is 0 Å². The second-order valence-electron chi connectivity index (χ2n) is 3.37. The van der Waals surface area contributed by atoms with Crippen molar-refractivity contribution in [3.05, 3.63) is 23.9 Å². The molecule has 0 aliphatic heterocycles. The number of aromatic nitrogens is 1. The summed E-state index contributed by atoms with van der Waals surface area (Å²) in [5.74, 6) is -0.106. The first-order valence-corrected chi connectivity index (χ1v) is 5.12. The lowest BCUT2D eigenvalue weighted by molar-refractivity contribution is 0.0836. The van der Waals surface area contributed by atoms with Gasteiger partial charge in [0.05, 0.1) is 26.4 Å². The zero-order valence-corrected chi connectivity index (χ0v) is 9.84. The topological polar surface area (TPSA) is 80.7 Å². The van der Waals surface area contributed by atoms with Crippen LogP contribution in [0.2, 0.25) is 0 Å². The van der Waals surface area contributed by atoms with Crippen LogP contribution in [-0.2, 0) is 4.74 Å². The molecule has 0 aliphatic rings. The van der Waals surface area contributed by atoms with Crippen LogP contribution in [0.1, 0.15) is 10.4 Å². The molecule has 1 aromatic rings. The molecular weight excluding hydrogens is 224 g/mol. The third kappa shape index (κ3) is 3.69. The minimum atomic E-state index is -0.447. The van der Waals surface area contributed by atoms with Gasteiger partial charge in [-0.3, -0.25) is 4.79 Å². The number of ether oxygens (including phenoxy) is 2. The van der Waals surface area contributed by atoms with Gasteiger partial charge in [-0.15, -0.1) is 0 Å². The van der Waals surface area contributed by atoms with E-state index >= 15 is 0 Å². The standard InChI is InChI=1S/C11H16N2O4/c1-16-7-8(6-14)13-10(15)9-4-3-5-12-11(9)17-2/h3-5,8,14H,6-7H2,1-2H3,(H,13,15). The average molecular weight is 240 g/mol. The Labute approximate surface area is 99.6 Å². The van der Waals surface area contributed by atoms with E-state index in [1.165, 1.54) is 20.4 Å². The van der Waals surface area contributed by atoms with Crippen LogP contribution in [0.4, 0.5) is 0 Å². The van der Waals surface area contributed by atoms with E-state index in [1.54, 1.807) is 12.1 Å². The van der Waals surface area contributed by atoms with E-state index in [0.29, 0.717) is 5.56 Å². The van der Waals surface area contributed by atoms with Crippen molar-refractivity contribution in [1.29, 1.82) is 0 Å². The lowest BCUT2D eigenvalue weighted by Gasteiger charge is -2.15. The number of nitrogens with one attached hydrogen (secondary N) is 1. The largest absolute Gasteiger partial charge is 0.480 e. The van der Waals surface area contributed by atoms with Gasteiger partial charge in [0, 0.05) is 13.3 Å². The number of carbonyl (C=O) groups excluding carboxylic acids is 1. The summed E-state index contributed by atoms with van der Waals surface area (Å²) in [6, 6.07) is 2.79. The Morgan fingerprint density at radius 3 is 2.94 bits per heavy atom. The molecule has 0 saturated heterocycles. The maximum absolute atomic E-state index is 11.9. The highest BCUT2D eigenvalue weighted by Crippen LogP contribution is 2.13. The zero-order valence-electron chi connectivity index (χ0n) is 9.84. The summed E-state index contributed by atoms with van der Waals surface area (Å²) in [4.78, 5) is 15.8. The molecule has 1 rings (SSSR count). The first-order valence-electron chi connectivity index (χ1n) is 5.12. The third-order valence-corrected chi connectivity index (χ3v) is 2.13. The summed E-state index contributed by atoms with van der Waals surface area (Å²) in [7, 11) is 2.94. The Hall–Kier alpha value is -1.66. The van der Waals surface area contributed by atoms with Gasteiger partial charge >= 0.3 is 0 Å². The predicted octanol–water partition coefficient (Wildman–Crippen LogP) is -0.173. The fourth-order valence-corrected chi connectivity index (χ4v) is 1.33. The number of methoxy groups -OCH3 is 2. The molecule has 1 unspecified atom stereocenters. The van der Waals surface area contributed by atoms with Gasteiger partial charge < -0.3 is 19.9 Å². The van der Waals surface area contributed by atoms with E-state index in [9.17, 15) is 4.79 Å². The van der Waals surface area contributed by atoms with E-state index in [0.717, 1.165) is 0 Å². The highest BCUT2D eigenvalue weighted by Gasteiger charge is 2.16. The fourth-order valence-electron chi connectivity index (χ4n) is 1.33. The van der Waals surface area contributed by atoms with Gasteiger partial charge in [-0.05, 0) is 12.1 Å². The van der Waals surface area contributed by atoms with Crippen molar-refractivity contribution in [1.82, 2.24) is 10.3 Å². The highest BCUT2D eigenvalue weighted by atomic mass is 16.5. The number of carbonyl (C=O) groups is 1. The quantitative estimate of drug-likeness (QED) is 0.721. The summed E-state index contributed by atoms with van der Waals surface area (Å²) < 4.78 is 9.84. The molecule has 0 spiro atoms. The maximum atomic E-state index is 11.9. The Balaban J connectivity index is 2.75. The molecule has 0 bridgehead atoms. The second-order valence-corrected chi connectivity index (χ2v) is 3.37. The van der Waals surface area contributed by atoms with E-state index in [-0.39, 0.29) is 25.0 Å². The van der Waals surface area contributed by atoms with Crippen molar-refractivity contribution in [2.24, 2.45) is 0 Å². The average Bonchev–Trinajstić information content (AvgIpc) is 2.38. The number of hydrogen-bond acceptors (Lipinski definition) is 5. The molecule has 0 fully saturated rings. The van der Waals surface area contributed by atoms with Crippen LogP contribution < -0.4 is 10.1 Å². The number of hydrogen-bond donors (Lipinski definition) is 2. The molecule has 17 heavy (non-hydrogen) atoms. The normalized spacial score (nSPS) is 11.9. The van der Waals surface area contributed by atoms with Crippen molar-refractivity contribution in [3.63, 3.8) is 0 Å². The smallest absolute Gasteiger partial charge is 0.257 e. The Bertz CT molecular complexity index is 370. The van der Waals surface area contributed by atoms with Crippen LogP contribution >= 0.6 is 0 Å². The first kappa shape index (κ1) is 13.4. The number of aliphatic hydroxyl groups excluding tert-OH is 1. The van der Waals surface area contributed by atoms with Crippen LogP contribution in [0, 0.1) is 0 Å². The van der Waals surface area contributed by atoms with Gasteiger partial charge in [-0.25, -0.2) is 4.98 Å². The predicted molar refractivity (Wildman–Crippen MR) is 61.0 cm³/mol. The molecule has 0 aromatic carbocycles. The summed E-state index contributed by atoms with van der Waals surface area (Å²) >= 11 is 0. The molecule has 1 aromatic heterocycles. The molecule has 1 atom stereocenters. The van der Waals surface area contributed by atoms with Crippen molar-refractivity contribution in [2.75, 3.05) is 27.4 Å². The van der Waals surface area contributed by atoms with E-state index in [1.807, 2.05) is 0 Å². The van der Waals surface area contributed by atoms with Gasteiger partial charge in [-0.1, -0.05) is 0 Å². The van der Waals surface area contributed by atoms with Crippen molar-refractivity contribution in [2.45, 2.75) is 6.04 Å². The lowest BCUT2D eigenvalue weighted by atomic mass is 10.2. The van der Waals surface area contributed by atoms with Crippen LogP contribution in [0.5, 0.6) is 5.88 Å². The Kier molecular flexibility index (Phi) is 5.38. The van der Waals surface area contributed by atoms with Gasteiger partial charge in [0.2, 0.25) is 5.88 Å². The molecule has 6 heteroatoms. The van der Waals surface area contributed by atoms with Gasteiger partial charge in [0.25, 0.3) is 5.91 Å². The number of aliphatic hydroxyl groups is 1. The zero-order chi connectivity index (χ0) is 12.7. The molecule has 6 nitrogen and oxygen atoms in total. The molecule has 0 aliphatic carbocycles. The van der Waals surface area contributed by atoms with Crippen LogP contribution in [-0.4, -0.2) is 49.5 Å². The third-order valence-electron chi connectivity index (χ3n) is 2.13. The molecule has 1 amide bonds. The van der Waals surface area contributed by atoms with Crippen LogP contribution in [0.15, 0.2) is 18.3 Å². The number of nitrogens with zero attached hydrogens (tertiary/aromatic N) is 1.